The van der Waals surface area contributed by atoms with E-state index in [-0.39, 0.29) is 11.1 Å². The zero-order valence-corrected chi connectivity index (χ0v) is 9.05. The van der Waals surface area contributed by atoms with Crippen LogP contribution in [-0.2, 0) is 10.2 Å². The van der Waals surface area contributed by atoms with Gasteiger partial charge in [-0.2, -0.15) is 0 Å². The molecule has 3 aliphatic carbocycles. The molecular formula is C12H11NO4. The minimum absolute atomic E-state index is 0.0203. The fourth-order valence-corrected chi connectivity index (χ4v) is 3.26. The highest BCUT2D eigenvalue weighted by atomic mass is 16.6. The molecule has 4 rings (SSSR count). The first-order valence-corrected chi connectivity index (χ1v) is 5.46. The number of rotatable bonds is 3. The minimum atomic E-state index is -0.707. The van der Waals surface area contributed by atoms with Crippen molar-refractivity contribution in [1.82, 2.24) is 0 Å². The molecule has 0 unspecified atom stereocenters. The van der Waals surface area contributed by atoms with E-state index in [9.17, 15) is 14.9 Å². The van der Waals surface area contributed by atoms with Crippen LogP contribution in [0.1, 0.15) is 24.8 Å². The molecule has 0 heterocycles. The van der Waals surface area contributed by atoms with Crippen LogP contribution in [0.5, 0.6) is 0 Å². The van der Waals surface area contributed by atoms with Crippen molar-refractivity contribution in [3.8, 4) is 0 Å². The van der Waals surface area contributed by atoms with Crippen LogP contribution in [0.4, 0.5) is 5.69 Å². The number of benzene rings is 1. The molecule has 17 heavy (non-hydrogen) atoms. The first-order valence-electron chi connectivity index (χ1n) is 5.46. The summed E-state index contributed by atoms with van der Waals surface area (Å²) in [6.45, 7) is 0. The van der Waals surface area contributed by atoms with E-state index in [4.69, 9.17) is 5.11 Å². The molecule has 3 aliphatic rings. The van der Waals surface area contributed by atoms with Gasteiger partial charge in [0.15, 0.2) is 0 Å². The van der Waals surface area contributed by atoms with Crippen LogP contribution >= 0.6 is 0 Å². The highest BCUT2D eigenvalue weighted by Gasteiger charge is 2.72. The Kier molecular flexibility index (Phi) is 1.72. The summed E-state index contributed by atoms with van der Waals surface area (Å²) < 4.78 is 0. The second kappa shape index (κ2) is 2.85. The average Bonchev–Trinajstić information content (AvgIpc) is 2.13. The van der Waals surface area contributed by atoms with Crippen LogP contribution in [0, 0.1) is 15.5 Å². The van der Waals surface area contributed by atoms with Gasteiger partial charge < -0.3 is 5.11 Å². The maximum absolute atomic E-state index is 11.0. The van der Waals surface area contributed by atoms with Crippen molar-refractivity contribution < 1.29 is 14.8 Å². The highest BCUT2D eigenvalue weighted by Crippen LogP contribution is 2.73. The normalized spacial score (nSPS) is 33.4. The predicted molar refractivity (Wildman–Crippen MR) is 58.7 cm³/mol. The molecule has 0 radical (unpaired) electrons. The van der Waals surface area contributed by atoms with E-state index in [1.807, 2.05) is 0 Å². The summed E-state index contributed by atoms with van der Waals surface area (Å²) in [6, 6.07) is 6.48. The number of non-ortho nitro benzene ring substituents is 1. The molecule has 5 nitrogen and oxygen atoms in total. The van der Waals surface area contributed by atoms with Gasteiger partial charge in [-0.25, -0.2) is 0 Å². The van der Waals surface area contributed by atoms with E-state index >= 15 is 0 Å². The number of aliphatic carboxylic acids is 1. The van der Waals surface area contributed by atoms with Crippen molar-refractivity contribution in [1.29, 1.82) is 0 Å². The van der Waals surface area contributed by atoms with Crippen molar-refractivity contribution in [2.75, 3.05) is 0 Å². The van der Waals surface area contributed by atoms with E-state index in [1.165, 1.54) is 12.1 Å². The molecule has 3 saturated carbocycles. The summed E-state index contributed by atoms with van der Waals surface area (Å²) in [4.78, 5) is 21.1. The third kappa shape index (κ3) is 1.16. The smallest absolute Gasteiger partial charge is 0.309 e. The van der Waals surface area contributed by atoms with Crippen LogP contribution in [0.25, 0.3) is 0 Å². The summed E-state index contributed by atoms with van der Waals surface area (Å²) in [7, 11) is 0. The fourth-order valence-electron chi connectivity index (χ4n) is 3.26. The quantitative estimate of drug-likeness (QED) is 0.640. The van der Waals surface area contributed by atoms with E-state index < -0.39 is 16.3 Å². The van der Waals surface area contributed by atoms with E-state index in [0.29, 0.717) is 19.3 Å². The summed E-state index contributed by atoms with van der Waals surface area (Å²) in [5.41, 5.74) is 0.592. The maximum Gasteiger partial charge on any atom is 0.309 e. The van der Waals surface area contributed by atoms with Crippen molar-refractivity contribution in [3.05, 3.63) is 39.9 Å². The van der Waals surface area contributed by atoms with Crippen LogP contribution < -0.4 is 0 Å². The molecule has 5 heteroatoms. The van der Waals surface area contributed by atoms with Gasteiger partial charge >= 0.3 is 5.97 Å². The molecule has 0 aromatic heterocycles. The Balaban J connectivity index is 1.80. The van der Waals surface area contributed by atoms with E-state index in [2.05, 4.69) is 0 Å². The molecule has 2 bridgehead atoms. The van der Waals surface area contributed by atoms with E-state index in [1.54, 1.807) is 12.1 Å². The molecule has 0 atom stereocenters. The zero-order chi connectivity index (χ0) is 12.3. The standard InChI is InChI=1S/C12H11NO4/c14-10(15)12-5-11(6-12,7-12)8-1-3-9(4-2-8)13(16)17/h1-4H,5-7H2,(H,14,15). The maximum atomic E-state index is 11.0. The van der Waals surface area contributed by atoms with Gasteiger partial charge in [0.05, 0.1) is 10.3 Å². The molecule has 1 N–H and O–H groups in total. The molecule has 0 saturated heterocycles. The lowest BCUT2D eigenvalue weighted by atomic mass is 9.33. The minimum Gasteiger partial charge on any atom is -0.481 e. The van der Waals surface area contributed by atoms with E-state index in [0.717, 1.165) is 5.56 Å². The van der Waals surface area contributed by atoms with Crippen molar-refractivity contribution in [3.63, 3.8) is 0 Å². The molecule has 0 amide bonds. The predicted octanol–water partition coefficient (Wildman–Crippen LogP) is 2.10. The lowest BCUT2D eigenvalue weighted by molar-refractivity contribution is -0.384. The van der Waals surface area contributed by atoms with Gasteiger partial charge in [0, 0.05) is 12.1 Å². The topological polar surface area (TPSA) is 80.4 Å². The second-order valence-electron chi connectivity index (χ2n) is 5.20. The number of carboxylic acids is 1. The zero-order valence-electron chi connectivity index (χ0n) is 9.05. The van der Waals surface area contributed by atoms with Crippen LogP contribution in [0.3, 0.4) is 0 Å². The summed E-state index contributed by atoms with van der Waals surface area (Å²) in [5.74, 6) is -0.707. The SMILES string of the molecule is O=C(O)C12CC(c3ccc([N+](=O)[O-])cc3)(C1)C2. The third-order valence-corrected chi connectivity index (χ3v) is 4.17. The van der Waals surface area contributed by atoms with Crippen LogP contribution in [0.2, 0.25) is 0 Å². The number of hydrogen-bond donors (Lipinski definition) is 1. The molecular weight excluding hydrogens is 222 g/mol. The molecule has 0 spiro atoms. The first kappa shape index (κ1) is 10.3. The Morgan fingerprint density at radius 1 is 1.24 bits per heavy atom. The van der Waals surface area contributed by atoms with Crippen molar-refractivity contribution >= 4 is 11.7 Å². The molecule has 1 aromatic carbocycles. The second-order valence-corrected chi connectivity index (χ2v) is 5.20. The number of nitrogens with zero attached hydrogens (tertiary/aromatic N) is 1. The Labute approximate surface area is 97.2 Å². The van der Waals surface area contributed by atoms with Gasteiger partial charge in [-0.15, -0.1) is 0 Å². The first-order chi connectivity index (χ1) is 7.97. The average molecular weight is 233 g/mol. The van der Waals surface area contributed by atoms with Gasteiger partial charge in [-0.05, 0) is 30.2 Å². The molecule has 1 aromatic rings. The van der Waals surface area contributed by atoms with Gasteiger partial charge in [0.25, 0.3) is 5.69 Å². The molecule has 88 valence electrons. The van der Waals surface area contributed by atoms with Gasteiger partial charge in [0.1, 0.15) is 0 Å². The lowest BCUT2D eigenvalue weighted by Gasteiger charge is -2.68. The third-order valence-electron chi connectivity index (χ3n) is 4.17. The van der Waals surface area contributed by atoms with Crippen molar-refractivity contribution in [2.24, 2.45) is 5.41 Å². The summed E-state index contributed by atoms with van der Waals surface area (Å²) in [5, 5.41) is 19.5. The van der Waals surface area contributed by atoms with Crippen LogP contribution in [-0.4, -0.2) is 16.0 Å². The molecule has 0 aliphatic heterocycles. The number of nitro benzene ring substituents is 1. The lowest BCUT2D eigenvalue weighted by Crippen LogP contribution is -2.67. The van der Waals surface area contributed by atoms with Gasteiger partial charge in [-0.3, -0.25) is 14.9 Å². The van der Waals surface area contributed by atoms with Crippen molar-refractivity contribution in [2.45, 2.75) is 24.7 Å². The largest absolute Gasteiger partial charge is 0.481 e. The van der Waals surface area contributed by atoms with Gasteiger partial charge in [-0.1, -0.05) is 12.1 Å². The summed E-state index contributed by atoms with van der Waals surface area (Å²) in [6.07, 6.45) is 2.02. The van der Waals surface area contributed by atoms with Crippen LogP contribution in [0.15, 0.2) is 24.3 Å². The number of carboxylic acid groups (broad SMARTS) is 1. The Morgan fingerprint density at radius 3 is 2.18 bits per heavy atom. The fraction of sp³-hybridized carbons (Fsp3) is 0.417. The number of nitro groups is 1. The summed E-state index contributed by atoms with van der Waals surface area (Å²) >= 11 is 0. The Bertz CT molecular complexity index is 500. The Morgan fingerprint density at radius 2 is 1.76 bits per heavy atom. The highest BCUT2D eigenvalue weighted by molar-refractivity contribution is 5.80. The Hall–Kier alpha value is -1.91. The molecule has 3 fully saturated rings. The number of hydrogen-bond acceptors (Lipinski definition) is 3. The number of carbonyl (C=O) groups is 1. The van der Waals surface area contributed by atoms with Gasteiger partial charge in [0.2, 0.25) is 0 Å². The monoisotopic (exact) mass is 233 g/mol.